The van der Waals surface area contributed by atoms with Crippen LogP contribution in [0.15, 0.2) is 4.34 Å². The van der Waals surface area contributed by atoms with E-state index in [0.717, 1.165) is 24.2 Å². The summed E-state index contributed by atoms with van der Waals surface area (Å²) in [5.41, 5.74) is 4.92. The number of nitrogens with one attached hydrogen (secondary N) is 1. The van der Waals surface area contributed by atoms with Gasteiger partial charge in [0.1, 0.15) is 0 Å². The van der Waals surface area contributed by atoms with Crippen molar-refractivity contribution in [2.24, 2.45) is 0 Å². The first kappa shape index (κ1) is 12.7. The van der Waals surface area contributed by atoms with Crippen LogP contribution in [0, 0.1) is 0 Å². The normalized spacial score (nSPS) is 25.2. The molecule has 0 aliphatic carbocycles. The van der Waals surface area contributed by atoms with Crippen LogP contribution in [-0.2, 0) is 14.8 Å². The molecule has 0 spiro atoms. The molecular formula is C8H14N4O3S2. The van der Waals surface area contributed by atoms with Crippen molar-refractivity contribution in [2.75, 3.05) is 18.9 Å². The minimum Gasteiger partial charge on any atom is -0.374 e. The van der Waals surface area contributed by atoms with Crippen LogP contribution < -0.4 is 10.5 Å². The molecule has 0 radical (unpaired) electrons. The number of sulfonamides is 1. The molecular weight excluding hydrogens is 264 g/mol. The van der Waals surface area contributed by atoms with Crippen molar-refractivity contribution in [2.45, 2.75) is 29.7 Å². The lowest BCUT2D eigenvalue weighted by molar-refractivity contribution is 0.0250. The zero-order valence-electron chi connectivity index (χ0n) is 9.34. The number of rotatable bonds is 4. The maximum absolute atomic E-state index is 11.8. The van der Waals surface area contributed by atoms with E-state index in [1.165, 1.54) is 0 Å². The van der Waals surface area contributed by atoms with Gasteiger partial charge in [-0.15, -0.1) is 10.2 Å². The molecule has 1 unspecified atom stereocenters. The van der Waals surface area contributed by atoms with Gasteiger partial charge in [0.15, 0.2) is 0 Å². The van der Waals surface area contributed by atoms with Crippen molar-refractivity contribution in [3.8, 4) is 0 Å². The summed E-state index contributed by atoms with van der Waals surface area (Å²) < 4.78 is 31.5. The van der Waals surface area contributed by atoms with Gasteiger partial charge in [-0.05, 0) is 19.8 Å². The molecule has 9 heteroatoms. The van der Waals surface area contributed by atoms with Gasteiger partial charge in [-0.25, -0.2) is 13.1 Å². The van der Waals surface area contributed by atoms with Crippen molar-refractivity contribution < 1.29 is 13.2 Å². The monoisotopic (exact) mass is 278 g/mol. The third-order valence-electron chi connectivity index (χ3n) is 2.59. The highest BCUT2D eigenvalue weighted by Gasteiger charge is 2.32. The Kier molecular flexibility index (Phi) is 3.34. The van der Waals surface area contributed by atoms with Crippen molar-refractivity contribution in [1.82, 2.24) is 14.9 Å². The van der Waals surface area contributed by atoms with Gasteiger partial charge < -0.3 is 10.5 Å². The summed E-state index contributed by atoms with van der Waals surface area (Å²) in [5, 5.41) is 7.12. The van der Waals surface area contributed by atoms with Crippen LogP contribution in [0.3, 0.4) is 0 Å². The first-order valence-corrected chi connectivity index (χ1v) is 7.44. The van der Waals surface area contributed by atoms with Crippen molar-refractivity contribution >= 4 is 26.5 Å². The molecule has 2 heterocycles. The Morgan fingerprint density at radius 3 is 2.88 bits per heavy atom. The highest BCUT2D eigenvalue weighted by molar-refractivity contribution is 7.91. The lowest BCUT2D eigenvalue weighted by Gasteiger charge is -2.22. The predicted octanol–water partition coefficient (Wildman–Crippen LogP) is -0.0323. The van der Waals surface area contributed by atoms with Gasteiger partial charge in [-0.2, -0.15) is 0 Å². The lowest BCUT2D eigenvalue weighted by Crippen LogP contribution is -2.40. The molecule has 1 aromatic heterocycles. The summed E-state index contributed by atoms with van der Waals surface area (Å²) in [7, 11) is -3.63. The molecule has 1 fully saturated rings. The van der Waals surface area contributed by atoms with Crippen LogP contribution in [-0.4, -0.2) is 37.4 Å². The van der Waals surface area contributed by atoms with Crippen LogP contribution in [0.4, 0.5) is 5.13 Å². The molecule has 1 saturated heterocycles. The van der Waals surface area contributed by atoms with E-state index in [-0.39, 0.29) is 16.0 Å². The Bertz CT molecular complexity index is 493. The molecule has 1 aliphatic heterocycles. The Balaban J connectivity index is 2.03. The van der Waals surface area contributed by atoms with E-state index in [9.17, 15) is 8.42 Å². The van der Waals surface area contributed by atoms with Crippen LogP contribution in [0.5, 0.6) is 0 Å². The quantitative estimate of drug-likeness (QED) is 0.800. The van der Waals surface area contributed by atoms with Crippen LogP contribution >= 0.6 is 11.3 Å². The molecule has 1 aliphatic rings. The number of anilines is 1. The maximum Gasteiger partial charge on any atom is 0.269 e. The van der Waals surface area contributed by atoms with Gasteiger partial charge in [0.2, 0.25) is 9.47 Å². The number of nitrogens with two attached hydrogens (primary N) is 1. The molecule has 0 amide bonds. The Hall–Kier alpha value is -0.770. The van der Waals surface area contributed by atoms with E-state index in [1.54, 1.807) is 0 Å². The number of hydrogen-bond donors (Lipinski definition) is 2. The second kappa shape index (κ2) is 4.48. The topological polar surface area (TPSA) is 107 Å². The molecule has 0 saturated carbocycles. The summed E-state index contributed by atoms with van der Waals surface area (Å²) in [5.74, 6) is 0. The minimum atomic E-state index is -3.63. The zero-order valence-corrected chi connectivity index (χ0v) is 11.0. The average Bonchev–Trinajstić information content (AvgIpc) is 2.86. The maximum atomic E-state index is 11.8. The second-order valence-corrected chi connectivity index (χ2v) is 7.08. The lowest BCUT2D eigenvalue weighted by atomic mass is 10.0. The van der Waals surface area contributed by atoms with Gasteiger partial charge >= 0.3 is 0 Å². The zero-order chi connectivity index (χ0) is 12.5. The smallest absolute Gasteiger partial charge is 0.269 e. The Morgan fingerprint density at radius 2 is 2.35 bits per heavy atom. The molecule has 3 N–H and O–H groups in total. The average molecular weight is 278 g/mol. The van der Waals surface area contributed by atoms with E-state index in [0.29, 0.717) is 6.61 Å². The fourth-order valence-corrected chi connectivity index (χ4v) is 3.60. The first-order chi connectivity index (χ1) is 7.91. The minimum absolute atomic E-state index is 0.114. The van der Waals surface area contributed by atoms with Gasteiger partial charge in [0.05, 0.1) is 5.60 Å². The fourth-order valence-electron chi connectivity index (χ4n) is 1.61. The van der Waals surface area contributed by atoms with Crippen LogP contribution in [0.1, 0.15) is 19.8 Å². The molecule has 17 heavy (non-hydrogen) atoms. The highest BCUT2D eigenvalue weighted by atomic mass is 32.2. The Labute approximate surface area is 103 Å². The molecule has 0 bridgehead atoms. The van der Waals surface area contributed by atoms with Crippen LogP contribution in [0.2, 0.25) is 0 Å². The van der Waals surface area contributed by atoms with Crippen molar-refractivity contribution in [1.29, 1.82) is 0 Å². The molecule has 2 rings (SSSR count). The summed E-state index contributed by atoms with van der Waals surface area (Å²) in [4.78, 5) is 0. The summed E-state index contributed by atoms with van der Waals surface area (Å²) >= 11 is 0.840. The number of nitrogens with zero attached hydrogens (tertiary/aromatic N) is 2. The number of aromatic nitrogens is 2. The van der Waals surface area contributed by atoms with Crippen molar-refractivity contribution in [3.63, 3.8) is 0 Å². The molecule has 7 nitrogen and oxygen atoms in total. The molecule has 1 aromatic rings. The van der Waals surface area contributed by atoms with Gasteiger partial charge in [-0.1, -0.05) is 11.3 Å². The van der Waals surface area contributed by atoms with Gasteiger partial charge in [-0.3, -0.25) is 0 Å². The van der Waals surface area contributed by atoms with E-state index in [4.69, 9.17) is 10.5 Å². The third-order valence-corrected chi connectivity index (χ3v) is 5.11. The number of ether oxygens (including phenoxy) is 1. The van der Waals surface area contributed by atoms with E-state index in [2.05, 4.69) is 14.9 Å². The second-order valence-electron chi connectivity index (χ2n) is 4.13. The SMILES string of the molecule is CC1(CNS(=O)(=O)c2nnc(N)s2)CCCO1. The third kappa shape index (κ3) is 2.92. The summed E-state index contributed by atoms with van der Waals surface area (Å²) in [6, 6.07) is 0. The number of hydrogen-bond acceptors (Lipinski definition) is 7. The highest BCUT2D eigenvalue weighted by Crippen LogP contribution is 2.25. The largest absolute Gasteiger partial charge is 0.374 e. The first-order valence-electron chi connectivity index (χ1n) is 5.14. The van der Waals surface area contributed by atoms with E-state index in [1.807, 2.05) is 6.92 Å². The van der Waals surface area contributed by atoms with Crippen molar-refractivity contribution in [3.05, 3.63) is 0 Å². The van der Waals surface area contributed by atoms with E-state index < -0.39 is 15.6 Å². The molecule has 96 valence electrons. The predicted molar refractivity (Wildman–Crippen MR) is 63.1 cm³/mol. The van der Waals surface area contributed by atoms with E-state index >= 15 is 0 Å². The number of nitrogen functional groups attached to an aromatic ring is 1. The van der Waals surface area contributed by atoms with Gasteiger partial charge in [0, 0.05) is 13.2 Å². The molecule has 0 aromatic carbocycles. The van der Waals surface area contributed by atoms with Crippen LogP contribution in [0.25, 0.3) is 0 Å². The van der Waals surface area contributed by atoms with Gasteiger partial charge in [0.25, 0.3) is 10.0 Å². The fraction of sp³-hybridized carbons (Fsp3) is 0.750. The molecule has 1 atom stereocenters. The summed E-state index contributed by atoms with van der Waals surface area (Å²) in [6.07, 6.45) is 1.79. The Morgan fingerprint density at radius 1 is 1.59 bits per heavy atom. The summed E-state index contributed by atoms with van der Waals surface area (Å²) in [6.45, 7) is 2.79. The standard InChI is InChI=1S/C8H14N4O3S2/c1-8(3-2-4-15-8)5-10-17(13,14)7-12-11-6(9)16-7/h10H,2-5H2,1H3,(H2,9,11).